The molecule has 0 bridgehead atoms. The number of halogens is 1. The van der Waals surface area contributed by atoms with Crippen molar-refractivity contribution in [3.8, 4) is 5.69 Å². The molecule has 0 aliphatic carbocycles. The molecular weight excluding hydrogens is 414 g/mol. The molecule has 8 nitrogen and oxygen atoms in total. The van der Waals surface area contributed by atoms with E-state index >= 15 is 0 Å². The summed E-state index contributed by atoms with van der Waals surface area (Å²) in [5, 5.41) is 18.2. The third-order valence-corrected chi connectivity index (χ3v) is 4.99. The van der Waals surface area contributed by atoms with Gasteiger partial charge in [0.05, 0.1) is 29.3 Å². The Bertz CT molecular complexity index is 1150. The lowest BCUT2D eigenvalue weighted by molar-refractivity contribution is 0.0953. The number of anilines is 1. The van der Waals surface area contributed by atoms with Crippen LogP contribution in [-0.2, 0) is 0 Å². The maximum atomic E-state index is 12.7. The van der Waals surface area contributed by atoms with Crippen molar-refractivity contribution in [1.29, 1.82) is 0 Å². The molecule has 0 saturated carbocycles. The van der Waals surface area contributed by atoms with E-state index in [4.69, 9.17) is 11.6 Å². The topological polar surface area (TPSA) is 96.2 Å². The van der Waals surface area contributed by atoms with Crippen LogP contribution in [0.2, 0.25) is 5.02 Å². The molecule has 0 unspecified atom stereocenters. The SMILES string of the molecule is C=C1NC(=NCCCNC(=O)c2cc(C)ccc2-n2nccn2)Nc2ccc(Cl)cc21. The molecule has 4 rings (SSSR count). The number of carbonyl (C=O) groups excluding carboxylic acids is 1. The maximum absolute atomic E-state index is 12.7. The van der Waals surface area contributed by atoms with Gasteiger partial charge in [-0.2, -0.15) is 15.0 Å². The summed E-state index contributed by atoms with van der Waals surface area (Å²) in [5.74, 6) is 0.452. The number of aromatic nitrogens is 3. The van der Waals surface area contributed by atoms with Crippen LogP contribution in [0, 0.1) is 6.92 Å². The summed E-state index contributed by atoms with van der Waals surface area (Å²) in [6, 6.07) is 11.2. The smallest absolute Gasteiger partial charge is 0.253 e. The molecule has 0 saturated heterocycles. The predicted octanol–water partition coefficient (Wildman–Crippen LogP) is 3.39. The maximum Gasteiger partial charge on any atom is 0.253 e. The summed E-state index contributed by atoms with van der Waals surface area (Å²) in [6.07, 6.45) is 3.84. The molecule has 1 aliphatic rings. The third kappa shape index (κ3) is 4.75. The number of amides is 1. The summed E-state index contributed by atoms with van der Waals surface area (Å²) in [4.78, 5) is 18.7. The molecule has 3 aromatic rings. The molecule has 158 valence electrons. The number of rotatable bonds is 6. The van der Waals surface area contributed by atoms with Gasteiger partial charge in [-0.1, -0.05) is 29.8 Å². The molecule has 2 aromatic carbocycles. The Hall–Kier alpha value is -3.65. The zero-order chi connectivity index (χ0) is 21.8. The van der Waals surface area contributed by atoms with Gasteiger partial charge < -0.3 is 16.0 Å². The molecule has 0 fully saturated rings. The lowest BCUT2D eigenvalue weighted by Crippen LogP contribution is -2.34. The minimum absolute atomic E-state index is 0.170. The molecule has 3 N–H and O–H groups in total. The fourth-order valence-electron chi connectivity index (χ4n) is 3.24. The van der Waals surface area contributed by atoms with Crippen LogP contribution >= 0.6 is 11.6 Å². The molecular formula is C22H22ClN7O. The van der Waals surface area contributed by atoms with E-state index in [0.717, 1.165) is 22.5 Å². The Kier molecular flexibility index (Phi) is 5.99. The third-order valence-electron chi connectivity index (χ3n) is 4.75. The number of nitrogens with zero attached hydrogens (tertiary/aromatic N) is 4. The number of benzene rings is 2. The van der Waals surface area contributed by atoms with E-state index < -0.39 is 0 Å². The Labute approximate surface area is 185 Å². The van der Waals surface area contributed by atoms with E-state index in [9.17, 15) is 4.79 Å². The second-order valence-electron chi connectivity index (χ2n) is 7.10. The number of fused-ring (bicyclic) bond motifs is 1. The first-order valence-electron chi connectivity index (χ1n) is 9.84. The highest BCUT2D eigenvalue weighted by Crippen LogP contribution is 2.27. The van der Waals surface area contributed by atoms with Gasteiger partial charge in [0.2, 0.25) is 0 Å². The minimum atomic E-state index is -0.170. The molecule has 0 atom stereocenters. The highest BCUT2D eigenvalue weighted by atomic mass is 35.5. The van der Waals surface area contributed by atoms with Gasteiger partial charge in [-0.05, 0) is 43.7 Å². The fraction of sp³-hybridized carbons (Fsp3) is 0.182. The predicted molar refractivity (Wildman–Crippen MR) is 123 cm³/mol. The van der Waals surface area contributed by atoms with Crippen LogP contribution in [-0.4, -0.2) is 40.0 Å². The van der Waals surface area contributed by atoms with Crippen LogP contribution in [0.1, 0.15) is 27.9 Å². The van der Waals surface area contributed by atoms with Crippen LogP contribution < -0.4 is 16.0 Å². The second-order valence-corrected chi connectivity index (χ2v) is 7.53. The molecule has 9 heteroatoms. The summed E-state index contributed by atoms with van der Waals surface area (Å²) >= 11 is 6.04. The van der Waals surface area contributed by atoms with Crippen molar-refractivity contribution >= 4 is 34.9 Å². The number of nitrogens with one attached hydrogen (secondary N) is 3. The fourth-order valence-corrected chi connectivity index (χ4v) is 3.41. The summed E-state index contributed by atoms with van der Waals surface area (Å²) in [5.41, 5.74) is 4.72. The van der Waals surface area contributed by atoms with Crippen LogP contribution in [0.3, 0.4) is 0 Å². The number of aryl methyl sites for hydroxylation is 1. The van der Waals surface area contributed by atoms with Gasteiger partial charge >= 0.3 is 0 Å². The molecule has 0 radical (unpaired) electrons. The van der Waals surface area contributed by atoms with Crippen molar-refractivity contribution in [2.45, 2.75) is 13.3 Å². The van der Waals surface area contributed by atoms with E-state index in [0.29, 0.717) is 41.7 Å². The Balaban J connectivity index is 1.33. The zero-order valence-electron chi connectivity index (χ0n) is 17.0. The monoisotopic (exact) mass is 435 g/mol. The Morgan fingerprint density at radius 2 is 2.00 bits per heavy atom. The minimum Gasteiger partial charge on any atom is -0.352 e. The average Bonchev–Trinajstić information content (AvgIpc) is 3.28. The molecule has 0 spiro atoms. The van der Waals surface area contributed by atoms with Crippen LogP contribution in [0.25, 0.3) is 11.4 Å². The standard InChI is InChI=1S/C22H22ClN7O/c1-14-4-7-20(30-26-10-11-27-30)18(12-14)21(31)24-8-3-9-25-22-28-15(2)17-13-16(23)5-6-19(17)29-22/h4-7,10-13H,2-3,8-9H2,1H3,(H,24,31)(H2,25,28,29). The first kappa shape index (κ1) is 20.6. The van der Waals surface area contributed by atoms with Gasteiger partial charge in [-0.25, -0.2) is 0 Å². The van der Waals surface area contributed by atoms with Crippen molar-refractivity contribution in [2.75, 3.05) is 18.4 Å². The van der Waals surface area contributed by atoms with Crippen molar-refractivity contribution in [2.24, 2.45) is 4.99 Å². The summed E-state index contributed by atoms with van der Waals surface area (Å²) in [6.45, 7) is 6.99. The quantitative estimate of drug-likeness (QED) is 0.516. The van der Waals surface area contributed by atoms with E-state index in [1.165, 1.54) is 4.80 Å². The Morgan fingerprint density at radius 3 is 2.81 bits per heavy atom. The van der Waals surface area contributed by atoms with Crippen LogP contribution in [0.15, 0.2) is 60.4 Å². The number of guanidine groups is 1. The van der Waals surface area contributed by atoms with Crippen molar-refractivity contribution in [3.63, 3.8) is 0 Å². The first-order chi connectivity index (χ1) is 15.0. The molecule has 1 aromatic heterocycles. The summed E-state index contributed by atoms with van der Waals surface area (Å²) in [7, 11) is 0. The number of hydrogen-bond acceptors (Lipinski definition) is 4. The zero-order valence-corrected chi connectivity index (χ0v) is 17.8. The Morgan fingerprint density at radius 1 is 1.19 bits per heavy atom. The number of hydrogen-bond donors (Lipinski definition) is 3. The van der Waals surface area contributed by atoms with Gasteiger partial charge in [-0.3, -0.25) is 9.79 Å². The van der Waals surface area contributed by atoms with Crippen molar-refractivity contribution in [3.05, 3.63) is 77.1 Å². The number of aliphatic imine (C=N–C) groups is 1. The highest BCUT2D eigenvalue weighted by Gasteiger charge is 2.16. The van der Waals surface area contributed by atoms with Gasteiger partial charge in [0.25, 0.3) is 5.91 Å². The largest absolute Gasteiger partial charge is 0.352 e. The first-order valence-corrected chi connectivity index (χ1v) is 10.2. The van der Waals surface area contributed by atoms with E-state index in [1.807, 2.05) is 43.3 Å². The summed E-state index contributed by atoms with van der Waals surface area (Å²) < 4.78 is 0. The normalized spacial score (nSPS) is 14.0. The van der Waals surface area contributed by atoms with E-state index in [2.05, 4.69) is 37.7 Å². The highest BCUT2D eigenvalue weighted by molar-refractivity contribution is 6.31. The molecule has 1 amide bonds. The average molecular weight is 436 g/mol. The van der Waals surface area contributed by atoms with Gasteiger partial charge in [0.15, 0.2) is 5.96 Å². The van der Waals surface area contributed by atoms with Crippen molar-refractivity contribution < 1.29 is 4.79 Å². The molecule has 31 heavy (non-hydrogen) atoms. The van der Waals surface area contributed by atoms with Crippen LogP contribution in [0.4, 0.5) is 5.69 Å². The lowest BCUT2D eigenvalue weighted by Gasteiger charge is -2.23. The van der Waals surface area contributed by atoms with Gasteiger partial charge in [0, 0.05) is 29.4 Å². The van der Waals surface area contributed by atoms with Crippen LogP contribution in [0.5, 0.6) is 0 Å². The van der Waals surface area contributed by atoms with Gasteiger partial charge in [-0.15, -0.1) is 0 Å². The van der Waals surface area contributed by atoms with Gasteiger partial charge in [0.1, 0.15) is 0 Å². The molecule has 2 heterocycles. The molecule has 1 aliphatic heterocycles. The van der Waals surface area contributed by atoms with Crippen molar-refractivity contribution in [1.82, 2.24) is 25.6 Å². The van der Waals surface area contributed by atoms with E-state index in [-0.39, 0.29) is 5.91 Å². The second kappa shape index (κ2) is 9.01. The van der Waals surface area contributed by atoms with E-state index in [1.54, 1.807) is 12.4 Å². The lowest BCUT2D eigenvalue weighted by atomic mass is 10.1. The number of carbonyl (C=O) groups is 1.